The maximum Gasteiger partial charge on any atom is 0.150 e. The molecule has 0 aromatic heterocycles. The SMILES string of the molecule is NCCCCN/N=C(\N)c1ccc(C2=CC3(CCNCC3)Oc3ccccc32)cc1. The molecule has 0 radical (unpaired) electrons. The van der Waals surface area contributed by atoms with Crippen molar-refractivity contribution in [3.8, 4) is 5.75 Å². The summed E-state index contributed by atoms with van der Waals surface area (Å²) in [5, 5.41) is 7.71. The van der Waals surface area contributed by atoms with Crippen molar-refractivity contribution in [2.24, 2.45) is 16.6 Å². The van der Waals surface area contributed by atoms with Gasteiger partial charge in [0.05, 0.1) is 0 Å². The van der Waals surface area contributed by atoms with Crippen molar-refractivity contribution in [1.29, 1.82) is 0 Å². The van der Waals surface area contributed by atoms with Gasteiger partial charge in [-0.2, -0.15) is 5.10 Å². The Hall–Kier alpha value is -2.83. The first-order valence-electron chi connectivity index (χ1n) is 10.8. The first-order valence-corrected chi connectivity index (χ1v) is 10.8. The number of fused-ring (bicyclic) bond motifs is 1. The molecule has 1 fully saturated rings. The number of para-hydroxylation sites is 1. The van der Waals surface area contributed by atoms with Crippen LogP contribution in [0.1, 0.15) is 42.4 Å². The lowest BCUT2D eigenvalue weighted by Crippen LogP contribution is -2.46. The highest BCUT2D eigenvalue weighted by atomic mass is 16.5. The largest absolute Gasteiger partial charge is 0.482 e. The minimum absolute atomic E-state index is 0.235. The molecule has 0 aliphatic carbocycles. The highest BCUT2D eigenvalue weighted by molar-refractivity contribution is 5.98. The number of nitrogens with zero attached hydrogens (tertiary/aromatic N) is 1. The summed E-state index contributed by atoms with van der Waals surface area (Å²) in [6.45, 7) is 3.41. The standard InChI is InChI=1S/C24H31N5O/c25-13-3-4-14-28-29-23(26)19-9-7-18(8-10-19)21-17-24(11-15-27-16-12-24)30-22-6-2-1-5-20(21)22/h1-2,5-10,17,27-28H,3-4,11-16,25H2,(H2,26,29). The van der Waals surface area contributed by atoms with E-state index in [1.807, 2.05) is 18.2 Å². The quantitative estimate of drug-likeness (QED) is 0.246. The Balaban J connectivity index is 1.57. The summed E-state index contributed by atoms with van der Waals surface area (Å²) in [4.78, 5) is 0. The molecule has 1 spiro atoms. The summed E-state index contributed by atoms with van der Waals surface area (Å²) in [6.07, 6.45) is 6.23. The molecule has 0 atom stereocenters. The summed E-state index contributed by atoms with van der Waals surface area (Å²) in [5.74, 6) is 1.45. The number of ether oxygens (including phenoxy) is 1. The third-order valence-corrected chi connectivity index (χ3v) is 5.78. The summed E-state index contributed by atoms with van der Waals surface area (Å²) in [7, 11) is 0. The van der Waals surface area contributed by atoms with Gasteiger partial charge in [0.25, 0.3) is 0 Å². The van der Waals surface area contributed by atoms with Crippen LogP contribution in [-0.4, -0.2) is 37.6 Å². The van der Waals surface area contributed by atoms with Crippen molar-refractivity contribution in [2.45, 2.75) is 31.3 Å². The van der Waals surface area contributed by atoms with Crippen molar-refractivity contribution in [3.63, 3.8) is 0 Å². The van der Waals surface area contributed by atoms with E-state index in [0.29, 0.717) is 12.4 Å². The topological polar surface area (TPSA) is 97.7 Å². The van der Waals surface area contributed by atoms with Crippen LogP contribution in [0.25, 0.3) is 5.57 Å². The number of unbranched alkanes of at least 4 members (excludes halogenated alkanes) is 1. The zero-order valence-electron chi connectivity index (χ0n) is 17.4. The molecule has 1 saturated heterocycles. The lowest BCUT2D eigenvalue weighted by atomic mass is 9.83. The molecule has 2 aromatic carbocycles. The molecule has 6 N–H and O–H groups in total. The molecular formula is C24H31N5O. The molecule has 2 aromatic rings. The maximum absolute atomic E-state index is 6.47. The van der Waals surface area contributed by atoms with Crippen LogP contribution >= 0.6 is 0 Å². The molecule has 2 aliphatic heterocycles. The van der Waals surface area contributed by atoms with E-state index < -0.39 is 0 Å². The maximum atomic E-state index is 6.47. The van der Waals surface area contributed by atoms with Crippen LogP contribution in [0, 0.1) is 0 Å². The Morgan fingerprint density at radius 2 is 1.83 bits per heavy atom. The van der Waals surface area contributed by atoms with E-state index in [4.69, 9.17) is 16.2 Å². The van der Waals surface area contributed by atoms with Gasteiger partial charge in [-0.1, -0.05) is 42.5 Å². The van der Waals surface area contributed by atoms with Gasteiger partial charge in [0.15, 0.2) is 5.84 Å². The zero-order chi connectivity index (χ0) is 20.8. The monoisotopic (exact) mass is 405 g/mol. The average Bonchev–Trinajstić information content (AvgIpc) is 2.79. The van der Waals surface area contributed by atoms with E-state index in [0.717, 1.165) is 67.8 Å². The van der Waals surface area contributed by atoms with E-state index in [-0.39, 0.29) is 5.60 Å². The minimum Gasteiger partial charge on any atom is -0.482 e. The van der Waals surface area contributed by atoms with Crippen molar-refractivity contribution < 1.29 is 4.74 Å². The molecule has 0 saturated carbocycles. The second-order valence-electron chi connectivity index (χ2n) is 7.95. The number of piperidine rings is 1. The number of hydrogen-bond acceptors (Lipinski definition) is 5. The molecule has 2 aliphatic rings. The Kier molecular flexibility index (Phi) is 6.35. The molecule has 158 valence electrons. The van der Waals surface area contributed by atoms with Gasteiger partial charge < -0.3 is 26.9 Å². The van der Waals surface area contributed by atoms with E-state index in [9.17, 15) is 0 Å². The molecule has 0 unspecified atom stereocenters. The fourth-order valence-electron chi connectivity index (χ4n) is 4.08. The van der Waals surface area contributed by atoms with Gasteiger partial charge in [0, 0.05) is 30.5 Å². The van der Waals surface area contributed by atoms with Crippen molar-refractivity contribution in [1.82, 2.24) is 10.7 Å². The van der Waals surface area contributed by atoms with Crippen molar-refractivity contribution in [3.05, 3.63) is 71.3 Å². The molecular weight excluding hydrogens is 374 g/mol. The molecule has 2 heterocycles. The van der Waals surface area contributed by atoms with Gasteiger partial charge >= 0.3 is 0 Å². The number of amidine groups is 1. The van der Waals surface area contributed by atoms with Crippen LogP contribution in [0.15, 0.2) is 59.7 Å². The van der Waals surface area contributed by atoms with Gasteiger partial charge in [-0.3, -0.25) is 0 Å². The van der Waals surface area contributed by atoms with Crippen LogP contribution in [0.4, 0.5) is 0 Å². The Morgan fingerprint density at radius 3 is 2.60 bits per heavy atom. The van der Waals surface area contributed by atoms with Crippen LogP contribution in [0.2, 0.25) is 0 Å². The first kappa shape index (κ1) is 20.4. The summed E-state index contributed by atoms with van der Waals surface area (Å²) >= 11 is 0. The summed E-state index contributed by atoms with van der Waals surface area (Å²) in [5.41, 5.74) is 18.9. The Bertz CT molecular complexity index is 913. The fourth-order valence-corrected chi connectivity index (χ4v) is 4.08. The number of benzene rings is 2. The van der Waals surface area contributed by atoms with E-state index in [1.165, 1.54) is 5.57 Å². The van der Waals surface area contributed by atoms with Gasteiger partial charge in [-0.15, -0.1) is 0 Å². The minimum atomic E-state index is -0.235. The molecule has 30 heavy (non-hydrogen) atoms. The lowest BCUT2D eigenvalue weighted by molar-refractivity contribution is 0.0817. The Morgan fingerprint density at radius 1 is 1.07 bits per heavy atom. The third-order valence-electron chi connectivity index (χ3n) is 5.78. The first-order chi connectivity index (χ1) is 14.7. The van der Waals surface area contributed by atoms with E-state index in [2.05, 4.69) is 52.3 Å². The van der Waals surface area contributed by atoms with Crippen LogP contribution in [0.3, 0.4) is 0 Å². The molecule has 6 heteroatoms. The van der Waals surface area contributed by atoms with Gasteiger partial charge in [0.1, 0.15) is 11.4 Å². The molecule has 0 bridgehead atoms. The van der Waals surface area contributed by atoms with E-state index >= 15 is 0 Å². The molecule has 6 nitrogen and oxygen atoms in total. The predicted octanol–water partition coefficient (Wildman–Crippen LogP) is 2.58. The second-order valence-corrected chi connectivity index (χ2v) is 7.95. The van der Waals surface area contributed by atoms with Crippen LogP contribution in [0.5, 0.6) is 5.75 Å². The molecule has 0 amide bonds. The molecule has 4 rings (SSSR count). The summed E-state index contributed by atoms with van der Waals surface area (Å²) < 4.78 is 6.47. The van der Waals surface area contributed by atoms with Gasteiger partial charge in [-0.05, 0) is 55.8 Å². The number of nitrogens with one attached hydrogen (secondary N) is 2. The fraction of sp³-hybridized carbons (Fsp3) is 0.375. The number of hydrogen-bond donors (Lipinski definition) is 4. The highest BCUT2D eigenvalue weighted by Gasteiger charge is 2.36. The number of hydrazone groups is 1. The highest BCUT2D eigenvalue weighted by Crippen LogP contribution is 2.42. The average molecular weight is 406 g/mol. The summed E-state index contributed by atoms with van der Waals surface area (Å²) in [6, 6.07) is 16.6. The van der Waals surface area contributed by atoms with Crippen LogP contribution < -0.4 is 26.9 Å². The van der Waals surface area contributed by atoms with Crippen molar-refractivity contribution in [2.75, 3.05) is 26.2 Å². The van der Waals surface area contributed by atoms with Crippen LogP contribution in [-0.2, 0) is 0 Å². The van der Waals surface area contributed by atoms with E-state index in [1.54, 1.807) is 0 Å². The van der Waals surface area contributed by atoms with Crippen molar-refractivity contribution >= 4 is 11.4 Å². The number of rotatable bonds is 7. The third kappa shape index (κ3) is 4.50. The zero-order valence-corrected chi connectivity index (χ0v) is 17.4. The smallest absolute Gasteiger partial charge is 0.150 e. The normalized spacial score (nSPS) is 17.8. The second kappa shape index (κ2) is 9.32. The lowest BCUT2D eigenvalue weighted by Gasteiger charge is -2.40. The van der Waals surface area contributed by atoms with Gasteiger partial charge in [0.2, 0.25) is 0 Å². The Labute approximate surface area is 178 Å². The van der Waals surface area contributed by atoms with Gasteiger partial charge in [-0.25, -0.2) is 0 Å². The number of nitrogens with two attached hydrogens (primary N) is 2. The predicted molar refractivity (Wildman–Crippen MR) is 122 cm³/mol.